The first-order valence-corrected chi connectivity index (χ1v) is 9.38. The highest BCUT2D eigenvalue weighted by molar-refractivity contribution is 8.00. The lowest BCUT2D eigenvalue weighted by atomic mass is 10.3. The molecule has 0 atom stereocenters. The van der Waals surface area contributed by atoms with Crippen LogP contribution in [0, 0.1) is 0 Å². The fourth-order valence-corrected chi connectivity index (χ4v) is 3.76. The standard InChI is InChI=1S/C15H12F3N3O3S2/c1-21(2)26(22,23)12-4-3-7-19-13(12)14-20-10-8-9(25-15(16,17)18)5-6-11(10)24-14/h3-8H,1-2H3. The minimum atomic E-state index is -4.42. The molecule has 138 valence electrons. The summed E-state index contributed by atoms with van der Waals surface area (Å²) in [6, 6.07) is 6.65. The molecule has 0 spiro atoms. The van der Waals surface area contributed by atoms with Gasteiger partial charge < -0.3 is 4.42 Å². The molecule has 2 heterocycles. The molecule has 0 saturated carbocycles. The van der Waals surface area contributed by atoms with Crippen molar-refractivity contribution < 1.29 is 26.0 Å². The monoisotopic (exact) mass is 403 g/mol. The van der Waals surface area contributed by atoms with Crippen LogP contribution in [0.3, 0.4) is 0 Å². The Labute approximate surface area is 151 Å². The molecule has 2 aromatic heterocycles. The van der Waals surface area contributed by atoms with Crippen LogP contribution < -0.4 is 0 Å². The number of sulfonamides is 1. The molecule has 0 bridgehead atoms. The van der Waals surface area contributed by atoms with Crippen molar-refractivity contribution in [3.05, 3.63) is 36.5 Å². The maximum atomic E-state index is 12.5. The van der Waals surface area contributed by atoms with Crippen molar-refractivity contribution in [2.75, 3.05) is 14.1 Å². The van der Waals surface area contributed by atoms with Crippen LogP contribution in [0.5, 0.6) is 0 Å². The van der Waals surface area contributed by atoms with Crippen LogP contribution >= 0.6 is 11.8 Å². The van der Waals surface area contributed by atoms with E-state index in [0.29, 0.717) is 0 Å². The van der Waals surface area contributed by atoms with E-state index in [1.165, 1.54) is 50.6 Å². The van der Waals surface area contributed by atoms with E-state index in [0.717, 1.165) is 4.31 Å². The van der Waals surface area contributed by atoms with Crippen LogP contribution in [0.1, 0.15) is 0 Å². The Balaban J connectivity index is 2.10. The van der Waals surface area contributed by atoms with Crippen molar-refractivity contribution in [1.29, 1.82) is 0 Å². The van der Waals surface area contributed by atoms with Crippen molar-refractivity contribution in [2.24, 2.45) is 0 Å². The van der Waals surface area contributed by atoms with Gasteiger partial charge in [-0.25, -0.2) is 22.7 Å². The molecule has 1 aromatic carbocycles. The van der Waals surface area contributed by atoms with E-state index in [9.17, 15) is 21.6 Å². The molecule has 0 aliphatic heterocycles. The van der Waals surface area contributed by atoms with Gasteiger partial charge in [0.25, 0.3) is 0 Å². The molecule has 26 heavy (non-hydrogen) atoms. The molecule has 0 radical (unpaired) electrons. The molecule has 0 fully saturated rings. The molecule has 0 aliphatic rings. The summed E-state index contributed by atoms with van der Waals surface area (Å²) in [7, 11) is -1.06. The molecule has 0 amide bonds. The number of aromatic nitrogens is 2. The van der Waals surface area contributed by atoms with Crippen LogP contribution in [0.2, 0.25) is 0 Å². The number of rotatable bonds is 4. The Morgan fingerprint density at radius 1 is 1.19 bits per heavy atom. The van der Waals surface area contributed by atoms with Crippen molar-refractivity contribution in [3.8, 4) is 11.6 Å². The molecule has 11 heteroatoms. The second-order valence-corrected chi connectivity index (χ2v) is 8.59. The van der Waals surface area contributed by atoms with Gasteiger partial charge in [-0.3, -0.25) is 0 Å². The summed E-state index contributed by atoms with van der Waals surface area (Å²) in [5.74, 6) is -0.0878. The van der Waals surface area contributed by atoms with Gasteiger partial charge in [0, 0.05) is 25.2 Å². The van der Waals surface area contributed by atoms with Gasteiger partial charge in [-0.05, 0) is 42.1 Å². The summed E-state index contributed by atoms with van der Waals surface area (Å²) in [6.07, 6.45) is 1.38. The summed E-state index contributed by atoms with van der Waals surface area (Å²) in [5.41, 5.74) is -4.03. The third-order valence-electron chi connectivity index (χ3n) is 3.32. The van der Waals surface area contributed by atoms with Gasteiger partial charge >= 0.3 is 5.51 Å². The molecule has 0 aliphatic carbocycles. The molecule has 3 aromatic rings. The molecule has 0 unspecified atom stereocenters. The number of halogens is 3. The van der Waals surface area contributed by atoms with Gasteiger partial charge in [0.2, 0.25) is 15.9 Å². The average Bonchev–Trinajstić information content (AvgIpc) is 2.96. The maximum absolute atomic E-state index is 12.5. The number of oxazole rings is 1. The number of alkyl halides is 3. The van der Waals surface area contributed by atoms with E-state index in [2.05, 4.69) is 9.97 Å². The van der Waals surface area contributed by atoms with Crippen LogP contribution in [-0.2, 0) is 10.0 Å². The number of hydrogen-bond acceptors (Lipinski definition) is 6. The highest BCUT2D eigenvalue weighted by Gasteiger charge is 2.30. The lowest BCUT2D eigenvalue weighted by Crippen LogP contribution is -2.23. The van der Waals surface area contributed by atoms with Crippen LogP contribution in [0.25, 0.3) is 22.7 Å². The van der Waals surface area contributed by atoms with Gasteiger partial charge in [0.15, 0.2) is 5.58 Å². The molecule has 0 N–H and O–H groups in total. The van der Waals surface area contributed by atoms with Crippen molar-refractivity contribution in [2.45, 2.75) is 15.3 Å². The minimum absolute atomic E-state index is 0.0116. The third kappa shape index (κ3) is 3.69. The first-order chi connectivity index (χ1) is 12.1. The zero-order chi connectivity index (χ0) is 19.1. The highest BCUT2D eigenvalue weighted by Crippen LogP contribution is 2.38. The van der Waals surface area contributed by atoms with Crippen LogP contribution in [0.15, 0.2) is 50.7 Å². The Hall–Kier alpha value is -2.11. The summed E-state index contributed by atoms with van der Waals surface area (Å²) in [4.78, 5) is 7.98. The number of pyridine rings is 1. The molecular weight excluding hydrogens is 391 g/mol. The van der Waals surface area contributed by atoms with Crippen molar-refractivity contribution in [1.82, 2.24) is 14.3 Å². The smallest absolute Gasteiger partial charge is 0.435 e. The Morgan fingerprint density at radius 3 is 2.58 bits per heavy atom. The second-order valence-electron chi connectivity index (χ2n) is 5.33. The Kier molecular flexibility index (Phi) is 4.71. The Morgan fingerprint density at radius 2 is 1.92 bits per heavy atom. The summed E-state index contributed by atoms with van der Waals surface area (Å²) >= 11 is -0.268. The number of benzene rings is 1. The van der Waals surface area contributed by atoms with Gasteiger partial charge in [-0.15, -0.1) is 0 Å². The zero-order valence-corrected chi connectivity index (χ0v) is 15.1. The normalized spacial score (nSPS) is 12.8. The fraction of sp³-hybridized carbons (Fsp3) is 0.200. The van der Waals surface area contributed by atoms with E-state index in [1.807, 2.05) is 0 Å². The quantitative estimate of drug-likeness (QED) is 0.618. The fourth-order valence-electron chi connectivity index (χ4n) is 2.16. The third-order valence-corrected chi connectivity index (χ3v) is 5.89. The lowest BCUT2D eigenvalue weighted by Gasteiger charge is -2.12. The first-order valence-electron chi connectivity index (χ1n) is 7.12. The minimum Gasteiger partial charge on any atom is -0.435 e. The second kappa shape index (κ2) is 6.56. The predicted octanol–water partition coefficient (Wildman–Crippen LogP) is 3.75. The van der Waals surface area contributed by atoms with E-state index in [1.54, 1.807) is 0 Å². The molecule has 3 rings (SSSR count). The highest BCUT2D eigenvalue weighted by atomic mass is 32.2. The summed E-state index contributed by atoms with van der Waals surface area (Å²) < 4.78 is 68.9. The number of hydrogen-bond donors (Lipinski definition) is 0. The molecular formula is C15H12F3N3O3S2. The molecule has 6 nitrogen and oxygen atoms in total. The van der Waals surface area contributed by atoms with Gasteiger partial charge in [0.05, 0.1) is 0 Å². The maximum Gasteiger partial charge on any atom is 0.446 e. The van der Waals surface area contributed by atoms with Crippen LogP contribution in [-0.4, -0.2) is 42.3 Å². The van der Waals surface area contributed by atoms with E-state index in [-0.39, 0.29) is 44.2 Å². The number of thioether (sulfide) groups is 1. The summed E-state index contributed by atoms with van der Waals surface area (Å²) in [5, 5.41) is 0. The predicted molar refractivity (Wildman–Crippen MR) is 90.0 cm³/mol. The van der Waals surface area contributed by atoms with Gasteiger partial charge in [-0.2, -0.15) is 13.2 Å². The topological polar surface area (TPSA) is 76.3 Å². The SMILES string of the molecule is CN(C)S(=O)(=O)c1cccnc1-c1nc2cc(SC(F)(F)F)ccc2o1. The van der Waals surface area contributed by atoms with Gasteiger partial charge in [-0.1, -0.05) is 0 Å². The van der Waals surface area contributed by atoms with Crippen molar-refractivity contribution >= 4 is 32.9 Å². The average molecular weight is 403 g/mol. The van der Waals surface area contributed by atoms with Crippen molar-refractivity contribution in [3.63, 3.8) is 0 Å². The lowest BCUT2D eigenvalue weighted by molar-refractivity contribution is -0.0328. The van der Waals surface area contributed by atoms with E-state index < -0.39 is 15.5 Å². The zero-order valence-electron chi connectivity index (χ0n) is 13.5. The van der Waals surface area contributed by atoms with E-state index >= 15 is 0 Å². The first kappa shape index (κ1) is 18.7. The van der Waals surface area contributed by atoms with Gasteiger partial charge in [0.1, 0.15) is 16.1 Å². The number of fused-ring (bicyclic) bond motifs is 1. The summed E-state index contributed by atoms with van der Waals surface area (Å²) in [6.45, 7) is 0. The largest absolute Gasteiger partial charge is 0.446 e. The number of nitrogens with zero attached hydrogens (tertiary/aromatic N) is 3. The van der Waals surface area contributed by atoms with E-state index in [4.69, 9.17) is 4.42 Å². The Bertz CT molecular complexity index is 1060. The molecule has 0 saturated heterocycles. The van der Waals surface area contributed by atoms with Crippen LogP contribution in [0.4, 0.5) is 13.2 Å².